The molecule has 1 unspecified atom stereocenters. The van der Waals surface area contributed by atoms with Gasteiger partial charge in [-0.1, -0.05) is 0 Å². The Morgan fingerprint density at radius 1 is 1.08 bits per heavy atom. The summed E-state index contributed by atoms with van der Waals surface area (Å²) in [5.41, 5.74) is 0.232. The first kappa shape index (κ1) is 25.9. The monoisotopic (exact) mass is 519 g/mol. The molecule has 2 aliphatic rings. The van der Waals surface area contributed by atoms with Crippen molar-refractivity contribution in [3.05, 3.63) is 54.3 Å². The minimum Gasteiger partial charge on any atom is -0.427 e. The zero-order valence-corrected chi connectivity index (χ0v) is 20.4. The molecule has 0 aromatic heterocycles. The number of carbonyl (C=O) groups is 3. The Balaban J connectivity index is 1.61. The van der Waals surface area contributed by atoms with Gasteiger partial charge in [-0.15, -0.1) is 0 Å². The maximum atomic E-state index is 13.6. The molecule has 0 aliphatic carbocycles. The van der Waals surface area contributed by atoms with Crippen molar-refractivity contribution in [1.29, 1.82) is 0 Å². The van der Waals surface area contributed by atoms with Crippen molar-refractivity contribution < 1.29 is 36.7 Å². The van der Waals surface area contributed by atoms with Crippen molar-refractivity contribution in [2.24, 2.45) is 0 Å². The fraction of sp³-hybridized carbons (Fsp3) is 0.375. The Morgan fingerprint density at radius 3 is 2.33 bits per heavy atom. The number of morpholine rings is 1. The smallest absolute Gasteiger partial charge is 0.308 e. The molecule has 2 aromatic rings. The molecule has 192 valence electrons. The van der Waals surface area contributed by atoms with Crippen LogP contribution in [0.25, 0.3) is 0 Å². The van der Waals surface area contributed by atoms with Crippen molar-refractivity contribution in [3.63, 3.8) is 0 Å². The molecule has 1 atom stereocenters. The molecule has 0 N–H and O–H groups in total. The van der Waals surface area contributed by atoms with Gasteiger partial charge in [0.15, 0.2) is 0 Å². The first-order valence-corrected chi connectivity index (χ1v) is 12.8. The second kappa shape index (κ2) is 10.8. The zero-order valence-electron chi connectivity index (χ0n) is 19.6. The standard InChI is InChI=1S/C24H26FN3O7S/c1-17(29)35-20-6-4-19(5-7-20)28-23(30)16-22(24(28)31)27(11-10-26-12-14-34-15-13-26)36(32,33)21-8-2-18(25)3-9-21/h2-9,22H,10-16H2,1H3. The first-order chi connectivity index (χ1) is 17.2. The van der Waals surface area contributed by atoms with Crippen LogP contribution in [-0.2, 0) is 29.1 Å². The summed E-state index contributed by atoms with van der Waals surface area (Å²) < 4.78 is 52.0. The van der Waals surface area contributed by atoms with Gasteiger partial charge in [0.05, 0.1) is 30.2 Å². The summed E-state index contributed by atoms with van der Waals surface area (Å²) in [6.45, 7) is 3.80. The molecule has 10 nitrogen and oxygen atoms in total. The van der Waals surface area contributed by atoms with E-state index >= 15 is 0 Å². The van der Waals surface area contributed by atoms with E-state index in [0.29, 0.717) is 32.8 Å². The van der Waals surface area contributed by atoms with E-state index in [1.807, 2.05) is 4.90 Å². The van der Waals surface area contributed by atoms with Gasteiger partial charge in [0.2, 0.25) is 15.9 Å². The number of amides is 2. The molecular formula is C24H26FN3O7S. The molecule has 0 radical (unpaired) electrons. The van der Waals surface area contributed by atoms with Gasteiger partial charge in [0.1, 0.15) is 17.6 Å². The quantitative estimate of drug-likeness (QED) is 0.292. The minimum absolute atomic E-state index is 0.0391. The molecule has 36 heavy (non-hydrogen) atoms. The maximum Gasteiger partial charge on any atom is 0.308 e. The average Bonchev–Trinajstić information content (AvgIpc) is 3.13. The van der Waals surface area contributed by atoms with Gasteiger partial charge < -0.3 is 9.47 Å². The summed E-state index contributed by atoms with van der Waals surface area (Å²) in [7, 11) is -4.23. The zero-order chi connectivity index (χ0) is 25.9. The van der Waals surface area contributed by atoms with Gasteiger partial charge >= 0.3 is 5.97 Å². The van der Waals surface area contributed by atoms with Gasteiger partial charge in [0, 0.05) is 33.1 Å². The van der Waals surface area contributed by atoms with E-state index in [1.54, 1.807) is 0 Å². The number of anilines is 1. The van der Waals surface area contributed by atoms with Crippen molar-refractivity contribution in [1.82, 2.24) is 9.21 Å². The van der Waals surface area contributed by atoms with E-state index in [4.69, 9.17) is 9.47 Å². The van der Waals surface area contributed by atoms with Gasteiger partial charge in [-0.05, 0) is 48.5 Å². The predicted octanol–water partition coefficient (Wildman–Crippen LogP) is 1.41. The molecule has 2 aliphatic heterocycles. The number of sulfonamides is 1. The Labute approximate surface area is 208 Å². The number of halogens is 1. The van der Waals surface area contributed by atoms with Crippen LogP contribution in [0.5, 0.6) is 5.75 Å². The highest BCUT2D eigenvalue weighted by Gasteiger charge is 2.47. The molecule has 2 saturated heterocycles. The van der Waals surface area contributed by atoms with E-state index in [2.05, 4.69) is 0 Å². The van der Waals surface area contributed by atoms with E-state index in [0.717, 1.165) is 33.5 Å². The molecule has 4 rings (SSSR count). The van der Waals surface area contributed by atoms with Gasteiger partial charge in [-0.3, -0.25) is 19.3 Å². The van der Waals surface area contributed by atoms with Crippen LogP contribution in [0.2, 0.25) is 0 Å². The van der Waals surface area contributed by atoms with Crippen LogP contribution in [0.3, 0.4) is 0 Å². The van der Waals surface area contributed by atoms with E-state index in [1.165, 1.54) is 31.2 Å². The maximum absolute atomic E-state index is 13.6. The minimum atomic E-state index is -4.23. The van der Waals surface area contributed by atoms with Crippen molar-refractivity contribution in [2.45, 2.75) is 24.3 Å². The Hall–Kier alpha value is -3.19. The third-order valence-electron chi connectivity index (χ3n) is 5.99. The lowest BCUT2D eigenvalue weighted by Crippen LogP contribution is -2.49. The van der Waals surface area contributed by atoms with Crippen LogP contribution < -0.4 is 9.64 Å². The summed E-state index contributed by atoms with van der Waals surface area (Å²) in [6, 6.07) is 8.86. The summed E-state index contributed by atoms with van der Waals surface area (Å²) in [5, 5.41) is 0. The normalized spacial score (nSPS) is 19.2. The number of rotatable bonds is 8. The number of hydrogen-bond acceptors (Lipinski definition) is 8. The summed E-state index contributed by atoms with van der Waals surface area (Å²) >= 11 is 0. The summed E-state index contributed by atoms with van der Waals surface area (Å²) in [4.78, 5) is 40.3. The molecule has 2 amide bonds. The second-order valence-corrected chi connectivity index (χ2v) is 10.3. The van der Waals surface area contributed by atoms with Crippen molar-refractivity contribution in [2.75, 3.05) is 44.3 Å². The Kier molecular flexibility index (Phi) is 7.79. The molecule has 0 bridgehead atoms. The number of hydrogen-bond donors (Lipinski definition) is 0. The SMILES string of the molecule is CC(=O)Oc1ccc(N2C(=O)CC(N(CCN3CCOCC3)S(=O)(=O)c3ccc(F)cc3)C2=O)cc1. The van der Waals surface area contributed by atoms with Gasteiger partial charge in [-0.25, -0.2) is 17.7 Å². The lowest BCUT2D eigenvalue weighted by molar-refractivity contribution is -0.132. The van der Waals surface area contributed by atoms with Gasteiger partial charge in [0.25, 0.3) is 5.91 Å². The van der Waals surface area contributed by atoms with Crippen LogP contribution >= 0.6 is 0 Å². The van der Waals surface area contributed by atoms with Crippen molar-refractivity contribution in [3.8, 4) is 5.75 Å². The van der Waals surface area contributed by atoms with Crippen LogP contribution in [0.15, 0.2) is 53.4 Å². The second-order valence-electron chi connectivity index (χ2n) is 8.40. The van der Waals surface area contributed by atoms with E-state index in [-0.39, 0.29) is 29.3 Å². The van der Waals surface area contributed by atoms with Crippen LogP contribution in [0.1, 0.15) is 13.3 Å². The number of esters is 1. The number of ether oxygens (including phenoxy) is 2. The summed E-state index contributed by atoms with van der Waals surface area (Å²) in [6.07, 6.45) is -0.339. The van der Waals surface area contributed by atoms with Crippen molar-refractivity contribution >= 4 is 33.5 Å². The topological polar surface area (TPSA) is 114 Å². The highest BCUT2D eigenvalue weighted by Crippen LogP contribution is 2.30. The molecule has 12 heteroatoms. The van der Waals surface area contributed by atoms with Crippen LogP contribution in [0.4, 0.5) is 10.1 Å². The molecule has 2 fully saturated rings. The van der Waals surface area contributed by atoms with Gasteiger partial charge in [-0.2, -0.15) is 4.31 Å². The fourth-order valence-corrected chi connectivity index (χ4v) is 5.76. The number of carbonyl (C=O) groups excluding carboxylic acids is 3. The highest BCUT2D eigenvalue weighted by molar-refractivity contribution is 7.89. The third kappa shape index (κ3) is 5.62. The number of nitrogens with zero attached hydrogens (tertiary/aromatic N) is 3. The lowest BCUT2D eigenvalue weighted by Gasteiger charge is -2.31. The Bertz CT molecular complexity index is 1230. The lowest BCUT2D eigenvalue weighted by atomic mass is 10.2. The Morgan fingerprint density at radius 2 is 1.72 bits per heavy atom. The first-order valence-electron chi connectivity index (χ1n) is 11.4. The van der Waals surface area contributed by atoms with Crippen LogP contribution in [0, 0.1) is 5.82 Å². The third-order valence-corrected chi connectivity index (χ3v) is 7.91. The highest BCUT2D eigenvalue weighted by atomic mass is 32.2. The molecule has 2 aromatic carbocycles. The number of imide groups is 1. The molecular weight excluding hydrogens is 493 g/mol. The average molecular weight is 520 g/mol. The van der Waals surface area contributed by atoms with Crippen LogP contribution in [-0.4, -0.2) is 80.8 Å². The van der Waals surface area contributed by atoms with E-state index < -0.39 is 39.7 Å². The molecule has 0 spiro atoms. The summed E-state index contributed by atoms with van der Waals surface area (Å²) in [5.74, 6) is -2.11. The number of benzene rings is 2. The largest absolute Gasteiger partial charge is 0.427 e. The van der Waals surface area contributed by atoms with E-state index in [9.17, 15) is 27.2 Å². The fourth-order valence-electron chi connectivity index (χ4n) is 4.19. The molecule has 0 saturated carbocycles. The predicted molar refractivity (Wildman–Crippen MR) is 126 cm³/mol. The molecule has 2 heterocycles.